The smallest absolute Gasteiger partial charge is 0.187 e. The summed E-state index contributed by atoms with van der Waals surface area (Å²) < 4.78 is 16.4. The van der Waals surface area contributed by atoms with Gasteiger partial charge in [0.15, 0.2) is 17.7 Å². The zero-order valence-electron chi connectivity index (χ0n) is 11.0. The van der Waals surface area contributed by atoms with Gasteiger partial charge in [-0.3, -0.25) is 0 Å². The molecule has 3 N–H and O–H groups in total. The molecule has 2 aliphatic heterocycles. The third kappa shape index (κ3) is 1.10. The van der Waals surface area contributed by atoms with Crippen molar-refractivity contribution in [3.63, 3.8) is 0 Å². The van der Waals surface area contributed by atoms with Crippen molar-refractivity contribution in [2.24, 2.45) is 5.41 Å². The Labute approximate surface area is 105 Å². The molecule has 0 amide bonds. The first-order valence-electron chi connectivity index (χ1n) is 6.18. The Morgan fingerprint density at radius 3 is 2.06 bits per heavy atom. The molecule has 1 saturated carbocycles. The second-order valence-corrected chi connectivity index (χ2v) is 6.43. The fourth-order valence-electron chi connectivity index (χ4n) is 3.52. The van der Waals surface area contributed by atoms with Crippen molar-refractivity contribution in [2.75, 3.05) is 6.61 Å². The van der Waals surface area contributed by atoms with Crippen LogP contribution in [0.25, 0.3) is 0 Å². The topological polar surface area (TPSA) is 88.4 Å². The van der Waals surface area contributed by atoms with Crippen molar-refractivity contribution in [1.29, 1.82) is 0 Å². The molecule has 18 heavy (non-hydrogen) atoms. The van der Waals surface area contributed by atoms with E-state index in [4.69, 9.17) is 14.2 Å². The molecule has 2 heterocycles. The molecule has 0 aromatic rings. The Bertz CT molecular complexity index is 394. The zero-order valence-corrected chi connectivity index (χ0v) is 11.0. The summed E-state index contributed by atoms with van der Waals surface area (Å²) in [5, 5.41) is 30.8. The Morgan fingerprint density at radius 2 is 1.67 bits per heavy atom. The molecule has 104 valence electrons. The summed E-state index contributed by atoms with van der Waals surface area (Å²) in [5.41, 5.74) is -3.98. The molecule has 0 aromatic carbocycles. The van der Waals surface area contributed by atoms with E-state index in [1.165, 1.54) is 0 Å². The largest absolute Gasteiger partial charge is 0.383 e. The van der Waals surface area contributed by atoms with Crippen LogP contribution in [-0.4, -0.2) is 57.4 Å². The van der Waals surface area contributed by atoms with Crippen LogP contribution >= 0.6 is 0 Å². The standard InChI is InChI=1S/C12H20O6/c1-9(2)11(14)7(17-8(13)12(9,11)15)6-5-16-10(3,4)18-6/h6-8,13-15H,5H2,1-4H3/t6-,7-,8+,11-,12+/m1/s1. The van der Waals surface area contributed by atoms with Gasteiger partial charge in [0.25, 0.3) is 0 Å². The van der Waals surface area contributed by atoms with E-state index in [2.05, 4.69) is 0 Å². The Kier molecular flexibility index (Phi) is 2.19. The van der Waals surface area contributed by atoms with Gasteiger partial charge in [-0.25, -0.2) is 0 Å². The minimum Gasteiger partial charge on any atom is -0.383 e. The molecule has 6 nitrogen and oxygen atoms in total. The Hall–Kier alpha value is -0.240. The first-order valence-corrected chi connectivity index (χ1v) is 6.18. The molecular weight excluding hydrogens is 240 g/mol. The lowest BCUT2D eigenvalue weighted by Gasteiger charge is -2.28. The summed E-state index contributed by atoms with van der Waals surface area (Å²) in [6.07, 6.45) is -2.71. The van der Waals surface area contributed by atoms with Crippen molar-refractivity contribution >= 4 is 0 Å². The van der Waals surface area contributed by atoms with Crippen molar-refractivity contribution < 1.29 is 29.5 Å². The zero-order chi connectivity index (χ0) is 13.6. The lowest BCUT2D eigenvalue weighted by atomic mass is 9.98. The molecule has 0 unspecified atom stereocenters. The summed E-state index contributed by atoms with van der Waals surface area (Å²) >= 11 is 0. The van der Waals surface area contributed by atoms with Crippen LogP contribution in [0.15, 0.2) is 0 Å². The summed E-state index contributed by atoms with van der Waals surface area (Å²) in [4.78, 5) is 0. The van der Waals surface area contributed by atoms with Gasteiger partial charge in [-0.05, 0) is 13.8 Å². The number of rotatable bonds is 1. The van der Waals surface area contributed by atoms with Crippen molar-refractivity contribution in [1.82, 2.24) is 0 Å². The van der Waals surface area contributed by atoms with Crippen LogP contribution in [0.1, 0.15) is 27.7 Å². The van der Waals surface area contributed by atoms with Gasteiger partial charge in [0.1, 0.15) is 17.8 Å². The molecule has 1 aliphatic carbocycles. The van der Waals surface area contributed by atoms with Gasteiger partial charge in [-0.1, -0.05) is 13.8 Å². The maximum atomic E-state index is 10.6. The van der Waals surface area contributed by atoms with E-state index in [1.807, 2.05) is 0 Å². The van der Waals surface area contributed by atoms with Crippen LogP contribution in [0.5, 0.6) is 0 Å². The van der Waals surface area contributed by atoms with Gasteiger partial charge in [-0.2, -0.15) is 0 Å². The van der Waals surface area contributed by atoms with Crippen LogP contribution in [0, 0.1) is 5.41 Å². The van der Waals surface area contributed by atoms with E-state index in [9.17, 15) is 15.3 Å². The van der Waals surface area contributed by atoms with Crippen LogP contribution in [0.3, 0.4) is 0 Å². The van der Waals surface area contributed by atoms with E-state index < -0.39 is 40.9 Å². The lowest BCUT2D eigenvalue weighted by Crippen LogP contribution is -2.44. The maximum absolute atomic E-state index is 10.6. The second kappa shape index (κ2) is 3.08. The van der Waals surface area contributed by atoms with Gasteiger partial charge >= 0.3 is 0 Å². The van der Waals surface area contributed by atoms with E-state index in [0.717, 1.165) is 0 Å². The Balaban J connectivity index is 1.89. The second-order valence-electron chi connectivity index (χ2n) is 6.43. The number of fused-ring (bicyclic) bond motifs is 1. The average molecular weight is 260 g/mol. The molecular formula is C12H20O6. The molecule has 5 atom stereocenters. The normalized spacial score (nSPS) is 56.5. The molecule has 0 aromatic heterocycles. The van der Waals surface area contributed by atoms with E-state index in [0.29, 0.717) is 0 Å². The summed E-state index contributed by atoms with van der Waals surface area (Å²) in [5.74, 6) is -0.741. The number of aliphatic hydroxyl groups excluding tert-OH is 1. The number of ether oxygens (including phenoxy) is 3. The molecule has 3 rings (SSSR count). The van der Waals surface area contributed by atoms with Gasteiger partial charge < -0.3 is 29.5 Å². The summed E-state index contributed by atoms with van der Waals surface area (Å²) in [6.45, 7) is 7.21. The first kappa shape index (κ1) is 12.8. The minimum absolute atomic E-state index is 0.263. The quantitative estimate of drug-likeness (QED) is 0.581. The van der Waals surface area contributed by atoms with E-state index in [1.54, 1.807) is 27.7 Å². The monoisotopic (exact) mass is 260 g/mol. The SMILES string of the molecule is CC1(C)OC[C@H]([C@H]2O[C@H](O)[C@]3(O)C(C)(C)[C@]23O)O1. The fraction of sp³-hybridized carbons (Fsp3) is 1.00. The van der Waals surface area contributed by atoms with Crippen molar-refractivity contribution in [3.05, 3.63) is 0 Å². The molecule has 3 aliphatic rings. The van der Waals surface area contributed by atoms with Gasteiger partial charge in [0, 0.05) is 5.41 Å². The molecule has 0 spiro atoms. The highest BCUT2D eigenvalue weighted by molar-refractivity contribution is 5.39. The Morgan fingerprint density at radius 1 is 1.06 bits per heavy atom. The highest BCUT2D eigenvalue weighted by atomic mass is 16.8. The molecule has 0 radical (unpaired) electrons. The van der Waals surface area contributed by atoms with Gasteiger partial charge in [0.05, 0.1) is 6.61 Å². The third-order valence-corrected chi connectivity index (χ3v) is 4.84. The third-order valence-electron chi connectivity index (χ3n) is 4.84. The van der Waals surface area contributed by atoms with Crippen LogP contribution in [0.2, 0.25) is 0 Å². The molecule has 6 heteroatoms. The van der Waals surface area contributed by atoms with E-state index in [-0.39, 0.29) is 6.61 Å². The van der Waals surface area contributed by atoms with Crippen LogP contribution in [-0.2, 0) is 14.2 Å². The summed E-state index contributed by atoms with van der Waals surface area (Å²) in [6, 6.07) is 0. The number of hydrogen-bond acceptors (Lipinski definition) is 6. The predicted octanol–water partition coefficient (Wildman–Crippen LogP) is -0.643. The van der Waals surface area contributed by atoms with Crippen LogP contribution in [0.4, 0.5) is 0 Å². The van der Waals surface area contributed by atoms with Crippen molar-refractivity contribution in [3.8, 4) is 0 Å². The van der Waals surface area contributed by atoms with E-state index >= 15 is 0 Å². The highest BCUT2D eigenvalue weighted by Crippen LogP contribution is 2.73. The number of hydrogen-bond donors (Lipinski definition) is 3. The number of aliphatic hydroxyl groups is 3. The van der Waals surface area contributed by atoms with Crippen molar-refractivity contribution in [2.45, 2.75) is 63.2 Å². The first-order chi connectivity index (χ1) is 8.08. The highest BCUT2D eigenvalue weighted by Gasteiger charge is 2.93. The molecule has 2 saturated heterocycles. The minimum atomic E-state index is -1.64. The van der Waals surface area contributed by atoms with Crippen LogP contribution < -0.4 is 0 Å². The summed E-state index contributed by atoms with van der Waals surface area (Å²) in [7, 11) is 0. The van der Waals surface area contributed by atoms with Gasteiger partial charge in [0.2, 0.25) is 0 Å². The molecule has 0 bridgehead atoms. The molecule has 3 fully saturated rings. The fourth-order valence-corrected chi connectivity index (χ4v) is 3.52. The van der Waals surface area contributed by atoms with Gasteiger partial charge in [-0.15, -0.1) is 0 Å². The average Bonchev–Trinajstić information content (AvgIpc) is 2.59. The lowest BCUT2D eigenvalue weighted by molar-refractivity contribution is -0.211. The predicted molar refractivity (Wildman–Crippen MR) is 59.5 cm³/mol. The maximum Gasteiger partial charge on any atom is 0.187 e.